The van der Waals surface area contributed by atoms with Gasteiger partial charge in [-0.2, -0.15) is 0 Å². The van der Waals surface area contributed by atoms with Gasteiger partial charge in [-0.05, 0) is 19.8 Å². The first-order chi connectivity index (χ1) is 5.11. The van der Waals surface area contributed by atoms with Gasteiger partial charge in [-0.15, -0.1) is 12.4 Å². The summed E-state index contributed by atoms with van der Waals surface area (Å²) >= 11 is 0. The van der Waals surface area contributed by atoms with Gasteiger partial charge in [0.25, 0.3) is 0 Å². The monoisotopic (exact) mass is 194 g/mol. The van der Waals surface area contributed by atoms with Gasteiger partial charge in [-0.25, -0.2) is 4.79 Å². The minimum absolute atomic E-state index is 0. The Morgan fingerprint density at radius 1 is 1.67 bits per heavy atom. The first-order valence-corrected chi connectivity index (χ1v) is 3.86. The molecule has 0 bridgehead atoms. The van der Waals surface area contributed by atoms with Crippen LogP contribution in [0.2, 0.25) is 0 Å². The molecule has 12 heavy (non-hydrogen) atoms. The first kappa shape index (κ1) is 11.5. The van der Waals surface area contributed by atoms with Gasteiger partial charge in [0.15, 0.2) is 0 Å². The van der Waals surface area contributed by atoms with E-state index in [4.69, 9.17) is 10.8 Å². The number of hydrogen-bond acceptors (Lipinski definition) is 2. The fraction of sp³-hybridized carbons (Fsp3) is 0.857. The van der Waals surface area contributed by atoms with Gasteiger partial charge < -0.3 is 15.7 Å². The van der Waals surface area contributed by atoms with Gasteiger partial charge in [0.1, 0.15) is 0 Å². The number of halogens is 1. The van der Waals surface area contributed by atoms with E-state index in [-0.39, 0.29) is 24.5 Å². The van der Waals surface area contributed by atoms with Crippen molar-refractivity contribution >= 4 is 18.5 Å². The molecule has 0 aromatic carbocycles. The average molecular weight is 195 g/mol. The van der Waals surface area contributed by atoms with Crippen LogP contribution in [0.15, 0.2) is 0 Å². The SMILES string of the molecule is C[C@H]1C[C@H](N)CCN1C(=O)O.Cl. The highest BCUT2D eigenvalue weighted by atomic mass is 35.5. The van der Waals surface area contributed by atoms with Crippen molar-refractivity contribution in [1.82, 2.24) is 4.90 Å². The Morgan fingerprint density at radius 3 is 2.67 bits per heavy atom. The highest BCUT2D eigenvalue weighted by molar-refractivity contribution is 5.85. The quantitative estimate of drug-likeness (QED) is 0.602. The summed E-state index contributed by atoms with van der Waals surface area (Å²) in [4.78, 5) is 12.0. The Kier molecular flexibility index (Phi) is 4.34. The molecule has 0 radical (unpaired) electrons. The molecule has 0 saturated carbocycles. The van der Waals surface area contributed by atoms with E-state index >= 15 is 0 Å². The summed E-state index contributed by atoms with van der Waals surface area (Å²) in [5.41, 5.74) is 5.67. The fourth-order valence-electron chi connectivity index (χ4n) is 1.49. The van der Waals surface area contributed by atoms with Crippen molar-refractivity contribution in [2.45, 2.75) is 31.8 Å². The van der Waals surface area contributed by atoms with Gasteiger partial charge in [-0.1, -0.05) is 0 Å². The molecular weight excluding hydrogens is 180 g/mol. The van der Waals surface area contributed by atoms with E-state index in [1.165, 1.54) is 4.90 Å². The molecule has 2 atom stereocenters. The van der Waals surface area contributed by atoms with E-state index in [1.807, 2.05) is 6.92 Å². The van der Waals surface area contributed by atoms with Crippen molar-refractivity contribution < 1.29 is 9.90 Å². The third-order valence-electron chi connectivity index (χ3n) is 2.16. The van der Waals surface area contributed by atoms with Crippen molar-refractivity contribution in [3.05, 3.63) is 0 Å². The predicted molar refractivity (Wildman–Crippen MR) is 48.7 cm³/mol. The van der Waals surface area contributed by atoms with Crippen LogP contribution in [0.5, 0.6) is 0 Å². The summed E-state index contributed by atoms with van der Waals surface area (Å²) in [5.74, 6) is 0. The zero-order chi connectivity index (χ0) is 8.43. The maximum Gasteiger partial charge on any atom is 0.407 e. The largest absolute Gasteiger partial charge is 0.465 e. The zero-order valence-corrected chi connectivity index (χ0v) is 7.88. The van der Waals surface area contributed by atoms with Gasteiger partial charge in [0.05, 0.1) is 0 Å². The number of carboxylic acid groups (broad SMARTS) is 1. The van der Waals surface area contributed by atoms with Crippen LogP contribution in [0.25, 0.3) is 0 Å². The van der Waals surface area contributed by atoms with Crippen LogP contribution in [0, 0.1) is 0 Å². The van der Waals surface area contributed by atoms with Crippen LogP contribution in [0.3, 0.4) is 0 Å². The molecule has 0 aliphatic carbocycles. The number of piperidine rings is 1. The summed E-state index contributed by atoms with van der Waals surface area (Å²) in [7, 11) is 0. The second kappa shape index (κ2) is 4.52. The fourth-order valence-corrected chi connectivity index (χ4v) is 1.49. The molecule has 1 saturated heterocycles. The molecule has 0 unspecified atom stereocenters. The second-order valence-electron chi connectivity index (χ2n) is 3.11. The Labute approximate surface area is 78.1 Å². The topological polar surface area (TPSA) is 66.6 Å². The van der Waals surface area contributed by atoms with Crippen molar-refractivity contribution in [2.24, 2.45) is 5.73 Å². The molecule has 1 amide bonds. The number of nitrogens with zero attached hydrogens (tertiary/aromatic N) is 1. The number of hydrogen-bond donors (Lipinski definition) is 2. The standard InChI is InChI=1S/C7H14N2O2.ClH/c1-5-4-6(8)2-3-9(5)7(10)11;/h5-6H,2-4,8H2,1H3,(H,10,11);1H/t5-,6+;/m0./s1. The minimum Gasteiger partial charge on any atom is -0.465 e. The maximum atomic E-state index is 10.6. The van der Waals surface area contributed by atoms with Crippen LogP contribution in [0.4, 0.5) is 4.79 Å². The van der Waals surface area contributed by atoms with Crippen molar-refractivity contribution in [3.8, 4) is 0 Å². The Bertz CT molecular complexity index is 165. The number of rotatable bonds is 0. The lowest BCUT2D eigenvalue weighted by atomic mass is 10.00. The second-order valence-corrected chi connectivity index (χ2v) is 3.11. The van der Waals surface area contributed by atoms with Crippen LogP contribution in [-0.4, -0.2) is 34.7 Å². The molecule has 3 N–H and O–H groups in total. The van der Waals surface area contributed by atoms with Crippen LogP contribution >= 0.6 is 12.4 Å². The van der Waals surface area contributed by atoms with E-state index in [2.05, 4.69) is 0 Å². The average Bonchev–Trinajstić information content (AvgIpc) is 1.85. The van der Waals surface area contributed by atoms with Crippen molar-refractivity contribution in [1.29, 1.82) is 0 Å². The maximum absolute atomic E-state index is 10.6. The molecule has 0 aromatic rings. The molecule has 0 aromatic heterocycles. The summed E-state index contributed by atoms with van der Waals surface area (Å²) in [6.45, 7) is 2.48. The molecule has 0 spiro atoms. The van der Waals surface area contributed by atoms with Crippen molar-refractivity contribution in [2.75, 3.05) is 6.54 Å². The van der Waals surface area contributed by atoms with E-state index < -0.39 is 6.09 Å². The Hall–Kier alpha value is -0.480. The lowest BCUT2D eigenvalue weighted by molar-refractivity contribution is 0.107. The van der Waals surface area contributed by atoms with Gasteiger partial charge in [0, 0.05) is 18.6 Å². The smallest absolute Gasteiger partial charge is 0.407 e. The van der Waals surface area contributed by atoms with Crippen LogP contribution < -0.4 is 5.73 Å². The molecule has 4 nitrogen and oxygen atoms in total. The lowest BCUT2D eigenvalue weighted by Gasteiger charge is -2.34. The molecule has 1 rings (SSSR count). The van der Waals surface area contributed by atoms with E-state index in [0.717, 1.165) is 12.8 Å². The highest BCUT2D eigenvalue weighted by Crippen LogP contribution is 2.15. The van der Waals surface area contributed by atoms with Gasteiger partial charge in [0.2, 0.25) is 0 Å². The molecule has 1 aliphatic rings. The highest BCUT2D eigenvalue weighted by Gasteiger charge is 2.26. The van der Waals surface area contributed by atoms with E-state index in [1.54, 1.807) is 0 Å². The van der Waals surface area contributed by atoms with Crippen LogP contribution in [0.1, 0.15) is 19.8 Å². The molecule has 1 heterocycles. The number of likely N-dealkylation sites (tertiary alicyclic amines) is 1. The zero-order valence-electron chi connectivity index (χ0n) is 7.06. The van der Waals surface area contributed by atoms with Gasteiger partial charge >= 0.3 is 6.09 Å². The minimum atomic E-state index is -0.829. The Balaban J connectivity index is 0.00000121. The Morgan fingerprint density at radius 2 is 2.25 bits per heavy atom. The molecule has 1 aliphatic heterocycles. The summed E-state index contributed by atoms with van der Waals surface area (Å²) in [6.07, 6.45) is 0.743. The van der Waals surface area contributed by atoms with Crippen molar-refractivity contribution in [3.63, 3.8) is 0 Å². The third kappa shape index (κ3) is 2.53. The van der Waals surface area contributed by atoms with Crippen LogP contribution in [-0.2, 0) is 0 Å². The van der Waals surface area contributed by atoms with E-state index in [9.17, 15) is 4.79 Å². The normalized spacial score (nSPS) is 29.3. The summed E-state index contributed by atoms with van der Waals surface area (Å²) in [6, 6.07) is 0.261. The third-order valence-corrected chi connectivity index (χ3v) is 2.16. The van der Waals surface area contributed by atoms with Gasteiger partial charge in [-0.3, -0.25) is 0 Å². The number of amides is 1. The molecule has 1 fully saturated rings. The lowest BCUT2D eigenvalue weighted by Crippen LogP contribution is -2.47. The first-order valence-electron chi connectivity index (χ1n) is 3.86. The number of carbonyl (C=O) groups is 1. The molecule has 72 valence electrons. The summed E-state index contributed by atoms with van der Waals surface area (Å²) < 4.78 is 0. The summed E-state index contributed by atoms with van der Waals surface area (Å²) in [5, 5.41) is 8.68. The molecular formula is C7H15ClN2O2. The molecule has 5 heteroatoms. The number of nitrogens with two attached hydrogens (primary N) is 1. The predicted octanol–water partition coefficient (Wildman–Crippen LogP) is 0.898. The van der Waals surface area contributed by atoms with E-state index in [0.29, 0.717) is 6.54 Å².